The van der Waals surface area contributed by atoms with Crippen molar-refractivity contribution in [1.29, 1.82) is 0 Å². The number of likely N-dealkylation sites (tertiary alicyclic amines) is 1. The van der Waals surface area contributed by atoms with Crippen LogP contribution in [-0.4, -0.2) is 46.5 Å². The maximum Gasteiger partial charge on any atom is 0.271 e. The van der Waals surface area contributed by atoms with Gasteiger partial charge in [-0.25, -0.2) is 0 Å². The second-order valence-corrected chi connectivity index (χ2v) is 6.94. The third-order valence-electron chi connectivity index (χ3n) is 5.12. The van der Waals surface area contributed by atoms with Gasteiger partial charge in [0.15, 0.2) is 0 Å². The Balaban J connectivity index is 1.50. The van der Waals surface area contributed by atoms with Crippen molar-refractivity contribution in [1.82, 2.24) is 15.1 Å². The van der Waals surface area contributed by atoms with Crippen molar-refractivity contribution in [3.8, 4) is 0 Å². The normalized spacial score (nSPS) is 23.5. The van der Waals surface area contributed by atoms with Crippen molar-refractivity contribution in [2.24, 2.45) is 5.41 Å². The first-order valence-electron chi connectivity index (χ1n) is 8.22. The molecule has 0 aliphatic carbocycles. The molecule has 6 heteroatoms. The van der Waals surface area contributed by atoms with Crippen LogP contribution in [0.4, 0.5) is 5.69 Å². The van der Waals surface area contributed by atoms with E-state index in [2.05, 4.69) is 10.2 Å². The monoisotopic (exact) mass is 324 g/mol. The van der Waals surface area contributed by atoms with Crippen LogP contribution in [-0.2, 0) is 4.79 Å². The lowest BCUT2D eigenvalue weighted by atomic mass is 9.86. The summed E-state index contributed by atoms with van der Waals surface area (Å²) in [6.07, 6.45) is 2.95. The van der Waals surface area contributed by atoms with Gasteiger partial charge in [-0.15, -0.1) is 0 Å². The quantitative estimate of drug-likeness (QED) is 0.918. The molecule has 1 aromatic carbocycles. The molecular formula is C18H20N4O2. The fraction of sp³-hybridized carbons (Fsp3) is 0.389. The Morgan fingerprint density at radius 2 is 2.00 bits per heavy atom. The Labute approximate surface area is 140 Å². The van der Waals surface area contributed by atoms with Gasteiger partial charge in [0.2, 0.25) is 5.91 Å². The molecule has 2 aliphatic rings. The Morgan fingerprint density at radius 1 is 1.21 bits per heavy atom. The highest BCUT2D eigenvalue weighted by atomic mass is 16.2. The van der Waals surface area contributed by atoms with Crippen LogP contribution < -0.4 is 4.90 Å². The van der Waals surface area contributed by atoms with Crippen LogP contribution in [0.25, 0.3) is 0 Å². The highest BCUT2D eigenvalue weighted by Crippen LogP contribution is 2.42. The summed E-state index contributed by atoms with van der Waals surface area (Å²) in [7, 11) is 0. The molecule has 1 aromatic heterocycles. The van der Waals surface area contributed by atoms with Crippen molar-refractivity contribution in [3.05, 3.63) is 47.8 Å². The number of hydrogen-bond donors (Lipinski definition) is 1. The van der Waals surface area contributed by atoms with E-state index in [1.165, 1.54) is 5.56 Å². The van der Waals surface area contributed by atoms with Crippen molar-refractivity contribution in [3.63, 3.8) is 0 Å². The summed E-state index contributed by atoms with van der Waals surface area (Å²) in [6.45, 7) is 4.03. The highest BCUT2D eigenvalue weighted by Gasteiger charge is 2.48. The van der Waals surface area contributed by atoms with Crippen molar-refractivity contribution in [2.75, 3.05) is 24.5 Å². The van der Waals surface area contributed by atoms with Crippen LogP contribution in [0.1, 0.15) is 28.9 Å². The van der Waals surface area contributed by atoms with E-state index in [1.54, 1.807) is 12.3 Å². The minimum absolute atomic E-state index is 0.0365. The first kappa shape index (κ1) is 14.9. The number of nitrogens with one attached hydrogen (secondary N) is 1. The summed E-state index contributed by atoms with van der Waals surface area (Å²) in [4.78, 5) is 28.7. The van der Waals surface area contributed by atoms with Crippen LogP contribution >= 0.6 is 0 Å². The number of anilines is 1. The van der Waals surface area contributed by atoms with Gasteiger partial charge in [0.05, 0.1) is 0 Å². The lowest BCUT2D eigenvalue weighted by molar-refractivity contribution is -0.117. The van der Waals surface area contributed by atoms with E-state index in [9.17, 15) is 9.59 Å². The molecule has 2 aromatic rings. The minimum atomic E-state index is -0.127. The van der Waals surface area contributed by atoms with Gasteiger partial charge in [-0.3, -0.25) is 14.7 Å². The van der Waals surface area contributed by atoms with Gasteiger partial charge in [0.25, 0.3) is 5.91 Å². The standard InChI is InChI=1S/C18H20N4O2/c1-13-2-4-14(5-3-13)22-12-18(10-16(22)23)7-9-21(11-18)17(24)15-6-8-19-20-15/h2-6,8H,7,9-12H2,1H3,(H,19,20). The van der Waals surface area contributed by atoms with Gasteiger partial charge in [-0.2, -0.15) is 5.10 Å². The fourth-order valence-corrected chi connectivity index (χ4v) is 3.78. The molecule has 4 rings (SSSR count). The lowest BCUT2D eigenvalue weighted by Gasteiger charge is -2.24. The average Bonchev–Trinajstić information content (AvgIpc) is 3.29. The highest BCUT2D eigenvalue weighted by molar-refractivity contribution is 5.97. The number of aromatic amines is 1. The van der Waals surface area contributed by atoms with Crippen LogP contribution in [0.3, 0.4) is 0 Å². The number of aromatic nitrogens is 2. The van der Waals surface area contributed by atoms with E-state index in [4.69, 9.17) is 0 Å². The van der Waals surface area contributed by atoms with Crippen molar-refractivity contribution >= 4 is 17.5 Å². The average molecular weight is 324 g/mol. The molecule has 6 nitrogen and oxygen atoms in total. The number of benzene rings is 1. The maximum absolute atomic E-state index is 12.5. The summed E-state index contributed by atoms with van der Waals surface area (Å²) < 4.78 is 0. The zero-order valence-corrected chi connectivity index (χ0v) is 13.7. The van der Waals surface area contributed by atoms with E-state index in [0.717, 1.165) is 12.1 Å². The Kier molecular flexibility index (Phi) is 3.40. The molecule has 2 amide bonds. The molecule has 2 fully saturated rings. The molecule has 1 unspecified atom stereocenters. The predicted octanol–water partition coefficient (Wildman–Crippen LogP) is 1.99. The molecule has 124 valence electrons. The smallest absolute Gasteiger partial charge is 0.271 e. The van der Waals surface area contributed by atoms with Gasteiger partial charge in [-0.1, -0.05) is 17.7 Å². The minimum Gasteiger partial charge on any atom is -0.337 e. The molecule has 0 saturated carbocycles. The maximum atomic E-state index is 12.5. The number of aryl methyl sites for hydroxylation is 1. The summed E-state index contributed by atoms with van der Waals surface area (Å²) in [5.41, 5.74) is 2.50. The number of hydrogen-bond acceptors (Lipinski definition) is 3. The largest absolute Gasteiger partial charge is 0.337 e. The van der Waals surface area contributed by atoms with Crippen molar-refractivity contribution < 1.29 is 9.59 Å². The molecule has 24 heavy (non-hydrogen) atoms. The third kappa shape index (κ3) is 2.48. The lowest BCUT2D eigenvalue weighted by Crippen LogP contribution is -2.34. The van der Waals surface area contributed by atoms with E-state index >= 15 is 0 Å². The summed E-state index contributed by atoms with van der Waals surface area (Å²) in [6, 6.07) is 9.72. The summed E-state index contributed by atoms with van der Waals surface area (Å²) in [5, 5.41) is 6.56. The van der Waals surface area contributed by atoms with Gasteiger partial charge in [-0.05, 0) is 31.5 Å². The fourth-order valence-electron chi connectivity index (χ4n) is 3.78. The van der Waals surface area contributed by atoms with Crippen LogP contribution in [0.2, 0.25) is 0 Å². The summed E-state index contributed by atoms with van der Waals surface area (Å²) >= 11 is 0. The number of rotatable bonds is 2. The number of amides is 2. The van der Waals surface area contributed by atoms with E-state index in [-0.39, 0.29) is 17.2 Å². The third-order valence-corrected chi connectivity index (χ3v) is 5.12. The van der Waals surface area contributed by atoms with Gasteiger partial charge < -0.3 is 9.80 Å². The van der Waals surface area contributed by atoms with Crippen LogP contribution in [0, 0.1) is 12.3 Å². The zero-order valence-electron chi connectivity index (χ0n) is 13.7. The molecule has 1 N–H and O–H groups in total. The van der Waals surface area contributed by atoms with E-state index < -0.39 is 0 Å². The van der Waals surface area contributed by atoms with Crippen LogP contribution in [0.5, 0.6) is 0 Å². The molecule has 0 radical (unpaired) electrons. The number of carbonyl (C=O) groups excluding carboxylic acids is 2. The topological polar surface area (TPSA) is 69.3 Å². The number of nitrogens with zero attached hydrogens (tertiary/aromatic N) is 3. The van der Waals surface area contributed by atoms with E-state index in [1.807, 2.05) is 41.0 Å². The Bertz CT molecular complexity index is 769. The first-order chi connectivity index (χ1) is 11.6. The van der Waals surface area contributed by atoms with E-state index in [0.29, 0.717) is 31.7 Å². The molecular weight excluding hydrogens is 304 g/mol. The second kappa shape index (κ2) is 5.47. The van der Waals surface area contributed by atoms with Crippen LogP contribution in [0.15, 0.2) is 36.5 Å². The van der Waals surface area contributed by atoms with Gasteiger partial charge in [0, 0.05) is 43.4 Å². The molecule has 3 heterocycles. The number of carbonyl (C=O) groups is 2. The van der Waals surface area contributed by atoms with Gasteiger partial charge >= 0.3 is 0 Å². The predicted molar refractivity (Wildman–Crippen MR) is 89.7 cm³/mol. The Hall–Kier alpha value is -2.63. The molecule has 2 saturated heterocycles. The molecule has 0 bridgehead atoms. The molecule has 2 aliphatic heterocycles. The Morgan fingerprint density at radius 3 is 2.71 bits per heavy atom. The van der Waals surface area contributed by atoms with Gasteiger partial charge in [0.1, 0.15) is 5.69 Å². The second-order valence-electron chi connectivity index (χ2n) is 6.94. The first-order valence-corrected chi connectivity index (χ1v) is 8.22. The zero-order chi connectivity index (χ0) is 16.7. The molecule has 1 atom stereocenters. The SMILES string of the molecule is Cc1ccc(N2CC3(CCN(C(=O)c4ccn[nH]4)C3)CC2=O)cc1. The molecule has 1 spiro atoms. The number of H-pyrrole nitrogens is 1. The summed E-state index contributed by atoms with van der Waals surface area (Å²) in [5.74, 6) is 0.111. The van der Waals surface area contributed by atoms with Crippen molar-refractivity contribution in [2.45, 2.75) is 19.8 Å².